The third-order valence-electron chi connectivity index (χ3n) is 3.61. The van der Waals surface area contributed by atoms with Gasteiger partial charge in [-0.1, -0.05) is 46.9 Å². The minimum Gasteiger partial charge on any atom is -0.494 e. The summed E-state index contributed by atoms with van der Waals surface area (Å²) in [5.41, 5.74) is 0.784. The second-order valence-electron chi connectivity index (χ2n) is 5.19. The summed E-state index contributed by atoms with van der Waals surface area (Å²) >= 11 is 18.2. The molecule has 1 aliphatic heterocycles. The lowest BCUT2D eigenvalue weighted by atomic mass is 10.1. The molecule has 7 heteroatoms. The molecule has 25 heavy (non-hydrogen) atoms. The maximum absolute atomic E-state index is 12.9. The van der Waals surface area contributed by atoms with Crippen molar-refractivity contribution in [3.8, 4) is 5.75 Å². The minimum absolute atomic E-state index is 0.0511. The van der Waals surface area contributed by atoms with Crippen LogP contribution in [0.3, 0.4) is 0 Å². The standard InChI is InChI=1S/C18H12Cl3NO3/c1-2-25-12-5-3-4-11(9-12)22-17(23)15(16(21)18(22)24)13-7-6-10(19)8-14(13)20/h3-9H,2H2,1H3. The van der Waals surface area contributed by atoms with Crippen molar-refractivity contribution in [1.82, 2.24) is 0 Å². The highest BCUT2D eigenvalue weighted by atomic mass is 35.5. The van der Waals surface area contributed by atoms with Crippen molar-refractivity contribution in [2.75, 3.05) is 11.5 Å². The quantitative estimate of drug-likeness (QED) is 0.689. The number of ether oxygens (including phenoxy) is 1. The summed E-state index contributed by atoms with van der Waals surface area (Å²) in [5.74, 6) is -0.607. The Balaban J connectivity index is 2.03. The van der Waals surface area contributed by atoms with Crippen molar-refractivity contribution in [3.05, 3.63) is 63.1 Å². The summed E-state index contributed by atoms with van der Waals surface area (Å²) in [6.07, 6.45) is 0. The Kier molecular flexibility index (Phi) is 5.04. The van der Waals surface area contributed by atoms with Crippen LogP contribution in [0.4, 0.5) is 5.69 Å². The van der Waals surface area contributed by atoms with Gasteiger partial charge in [0.1, 0.15) is 10.8 Å². The highest BCUT2D eigenvalue weighted by Gasteiger charge is 2.40. The van der Waals surface area contributed by atoms with Crippen LogP contribution in [0.2, 0.25) is 10.0 Å². The summed E-state index contributed by atoms with van der Waals surface area (Å²) in [5, 5.41) is 0.478. The molecule has 1 aliphatic rings. The van der Waals surface area contributed by atoms with Crippen LogP contribution >= 0.6 is 34.8 Å². The lowest BCUT2D eigenvalue weighted by molar-refractivity contribution is -0.119. The molecule has 1 heterocycles. The van der Waals surface area contributed by atoms with E-state index in [2.05, 4.69) is 0 Å². The number of nitrogens with zero attached hydrogens (tertiary/aromatic N) is 1. The van der Waals surface area contributed by atoms with Gasteiger partial charge in [0.2, 0.25) is 0 Å². The van der Waals surface area contributed by atoms with Crippen molar-refractivity contribution in [2.24, 2.45) is 0 Å². The number of carbonyl (C=O) groups is 2. The molecule has 0 saturated carbocycles. The van der Waals surface area contributed by atoms with Gasteiger partial charge in [-0.25, -0.2) is 4.90 Å². The molecule has 2 aromatic rings. The number of hydrogen-bond donors (Lipinski definition) is 0. The fourth-order valence-electron chi connectivity index (χ4n) is 2.54. The topological polar surface area (TPSA) is 46.6 Å². The van der Waals surface area contributed by atoms with Crippen LogP contribution in [0.1, 0.15) is 12.5 Å². The molecule has 0 aliphatic carbocycles. The Bertz CT molecular complexity index is 908. The molecule has 2 amide bonds. The summed E-state index contributed by atoms with van der Waals surface area (Å²) in [6.45, 7) is 2.31. The second kappa shape index (κ2) is 7.08. The first kappa shape index (κ1) is 17.8. The van der Waals surface area contributed by atoms with E-state index in [1.807, 2.05) is 6.92 Å². The summed E-state index contributed by atoms with van der Waals surface area (Å²) in [6, 6.07) is 11.3. The molecule has 0 aromatic heterocycles. The molecule has 0 unspecified atom stereocenters. The molecule has 3 rings (SSSR count). The Labute approximate surface area is 159 Å². The van der Waals surface area contributed by atoms with E-state index in [1.54, 1.807) is 36.4 Å². The number of hydrogen-bond acceptors (Lipinski definition) is 3. The summed E-state index contributed by atoms with van der Waals surface area (Å²) in [7, 11) is 0. The third kappa shape index (κ3) is 3.25. The molecule has 128 valence electrons. The van der Waals surface area contributed by atoms with Crippen LogP contribution in [0.15, 0.2) is 47.5 Å². The van der Waals surface area contributed by atoms with Gasteiger partial charge in [0.15, 0.2) is 0 Å². The molecule has 0 fully saturated rings. The molecular weight excluding hydrogens is 385 g/mol. The van der Waals surface area contributed by atoms with Crippen molar-refractivity contribution in [1.29, 1.82) is 0 Å². The summed E-state index contributed by atoms with van der Waals surface area (Å²) in [4.78, 5) is 26.4. The van der Waals surface area contributed by atoms with Gasteiger partial charge in [-0.2, -0.15) is 0 Å². The lowest BCUT2D eigenvalue weighted by Gasteiger charge is -2.16. The molecule has 0 atom stereocenters. The lowest BCUT2D eigenvalue weighted by Crippen LogP contribution is -2.31. The zero-order valence-corrected chi connectivity index (χ0v) is 15.3. The Morgan fingerprint density at radius 2 is 1.76 bits per heavy atom. The first-order valence-electron chi connectivity index (χ1n) is 7.41. The van der Waals surface area contributed by atoms with Gasteiger partial charge < -0.3 is 4.74 Å². The average Bonchev–Trinajstić information content (AvgIpc) is 2.78. The number of halogens is 3. The van der Waals surface area contributed by atoms with Crippen molar-refractivity contribution < 1.29 is 14.3 Å². The Morgan fingerprint density at radius 3 is 2.44 bits per heavy atom. The number of amides is 2. The average molecular weight is 397 g/mol. The van der Waals surface area contributed by atoms with Gasteiger partial charge in [-0.05, 0) is 31.2 Å². The van der Waals surface area contributed by atoms with E-state index in [-0.39, 0.29) is 15.6 Å². The van der Waals surface area contributed by atoms with Gasteiger partial charge in [0.25, 0.3) is 11.8 Å². The zero-order valence-electron chi connectivity index (χ0n) is 13.1. The first-order valence-corrected chi connectivity index (χ1v) is 8.54. The van der Waals surface area contributed by atoms with Gasteiger partial charge in [0, 0.05) is 16.7 Å². The molecular formula is C18H12Cl3NO3. The molecule has 0 radical (unpaired) electrons. The minimum atomic E-state index is -0.610. The summed E-state index contributed by atoms with van der Waals surface area (Å²) < 4.78 is 5.42. The zero-order chi connectivity index (χ0) is 18.1. The van der Waals surface area contributed by atoms with E-state index in [4.69, 9.17) is 39.5 Å². The fraction of sp³-hybridized carbons (Fsp3) is 0.111. The van der Waals surface area contributed by atoms with E-state index in [1.165, 1.54) is 6.07 Å². The van der Waals surface area contributed by atoms with Crippen LogP contribution in [0.5, 0.6) is 5.75 Å². The van der Waals surface area contributed by atoms with E-state index in [0.29, 0.717) is 28.6 Å². The van der Waals surface area contributed by atoms with Gasteiger partial charge in [0.05, 0.1) is 22.9 Å². The van der Waals surface area contributed by atoms with Crippen LogP contribution in [-0.4, -0.2) is 18.4 Å². The molecule has 2 aromatic carbocycles. The molecule has 0 N–H and O–H groups in total. The molecule has 0 bridgehead atoms. The number of anilines is 1. The normalized spacial score (nSPS) is 14.5. The molecule has 0 spiro atoms. The Morgan fingerprint density at radius 1 is 1.00 bits per heavy atom. The first-order chi connectivity index (χ1) is 11.9. The molecule has 0 saturated heterocycles. The number of carbonyl (C=O) groups excluding carboxylic acids is 2. The highest BCUT2D eigenvalue weighted by molar-refractivity contribution is 6.60. The highest BCUT2D eigenvalue weighted by Crippen LogP contribution is 2.38. The van der Waals surface area contributed by atoms with Crippen molar-refractivity contribution in [3.63, 3.8) is 0 Å². The number of rotatable bonds is 4. The SMILES string of the molecule is CCOc1cccc(N2C(=O)C(Cl)=C(c3ccc(Cl)cc3Cl)C2=O)c1. The van der Waals surface area contributed by atoms with Crippen LogP contribution in [-0.2, 0) is 9.59 Å². The van der Waals surface area contributed by atoms with E-state index in [9.17, 15) is 9.59 Å². The third-order valence-corrected chi connectivity index (χ3v) is 4.51. The monoisotopic (exact) mass is 395 g/mol. The molecule has 4 nitrogen and oxygen atoms in total. The predicted molar refractivity (Wildman–Crippen MR) is 99.3 cm³/mol. The van der Waals surface area contributed by atoms with E-state index < -0.39 is 11.8 Å². The van der Waals surface area contributed by atoms with Crippen molar-refractivity contribution in [2.45, 2.75) is 6.92 Å². The number of imide groups is 1. The van der Waals surface area contributed by atoms with E-state index in [0.717, 1.165) is 4.90 Å². The maximum atomic E-state index is 12.9. The van der Waals surface area contributed by atoms with Gasteiger partial charge in [-0.3, -0.25) is 9.59 Å². The smallest absolute Gasteiger partial charge is 0.277 e. The largest absolute Gasteiger partial charge is 0.494 e. The second-order valence-corrected chi connectivity index (χ2v) is 6.41. The van der Waals surface area contributed by atoms with Crippen LogP contribution < -0.4 is 9.64 Å². The van der Waals surface area contributed by atoms with Gasteiger partial charge >= 0.3 is 0 Å². The number of benzene rings is 2. The fourth-order valence-corrected chi connectivity index (χ4v) is 3.31. The van der Waals surface area contributed by atoms with Crippen LogP contribution in [0, 0.1) is 0 Å². The predicted octanol–water partition coefficient (Wildman–Crippen LogP) is 4.92. The van der Waals surface area contributed by atoms with E-state index >= 15 is 0 Å². The van der Waals surface area contributed by atoms with Gasteiger partial charge in [-0.15, -0.1) is 0 Å². The maximum Gasteiger partial charge on any atom is 0.277 e. The Hall–Kier alpha value is -2.01. The van der Waals surface area contributed by atoms with Crippen LogP contribution in [0.25, 0.3) is 5.57 Å². The van der Waals surface area contributed by atoms with Crippen molar-refractivity contribution >= 4 is 57.9 Å².